The van der Waals surface area contributed by atoms with Crippen LogP contribution < -0.4 is 5.32 Å². The molecule has 1 rings (SSSR count). The number of anilines is 1. The number of aryl methyl sites for hydroxylation is 1. The average molecular weight is 219 g/mol. The Morgan fingerprint density at radius 3 is 2.44 bits per heavy atom. The molecule has 0 spiro atoms. The molecule has 90 valence electrons. The molecule has 16 heavy (non-hydrogen) atoms. The van der Waals surface area contributed by atoms with Crippen molar-refractivity contribution >= 4 is 5.69 Å². The molecule has 1 N–H and O–H groups in total. The zero-order valence-electron chi connectivity index (χ0n) is 11.3. The summed E-state index contributed by atoms with van der Waals surface area (Å²) < 4.78 is 0. The van der Waals surface area contributed by atoms with Gasteiger partial charge in [-0.25, -0.2) is 0 Å². The van der Waals surface area contributed by atoms with Crippen molar-refractivity contribution in [3.63, 3.8) is 0 Å². The molecule has 1 heteroatoms. The molecule has 0 aromatic heterocycles. The van der Waals surface area contributed by atoms with E-state index in [-0.39, 0.29) is 0 Å². The quantitative estimate of drug-likeness (QED) is 0.780. The zero-order chi connectivity index (χ0) is 12.1. The van der Waals surface area contributed by atoms with Crippen LogP contribution in [0.2, 0.25) is 0 Å². The molecule has 0 amide bonds. The summed E-state index contributed by atoms with van der Waals surface area (Å²) in [6, 6.07) is 6.75. The van der Waals surface area contributed by atoms with E-state index in [2.05, 4.69) is 51.2 Å². The van der Waals surface area contributed by atoms with Crippen LogP contribution in [0.25, 0.3) is 0 Å². The summed E-state index contributed by atoms with van der Waals surface area (Å²) in [5.74, 6) is 1.57. The monoisotopic (exact) mass is 219 g/mol. The molecule has 0 heterocycles. The Balaban J connectivity index is 2.67. The Bertz CT molecular complexity index is 328. The molecule has 1 aromatic carbocycles. The fourth-order valence-corrected chi connectivity index (χ4v) is 2.36. The maximum Gasteiger partial charge on any atom is 0.0370 e. The first-order valence-electron chi connectivity index (χ1n) is 6.30. The highest BCUT2D eigenvalue weighted by Gasteiger charge is 2.07. The van der Waals surface area contributed by atoms with Crippen LogP contribution in [0.1, 0.15) is 38.3 Å². The van der Waals surface area contributed by atoms with Gasteiger partial charge >= 0.3 is 0 Å². The first-order valence-corrected chi connectivity index (χ1v) is 6.30. The van der Waals surface area contributed by atoms with Crippen LogP contribution >= 0.6 is 0 Å². The lowest BCUT2D eigenvalue weighted by atomic mass is 9.92. The summed E-state index contributed by atoms with van der Waals surface area (Å²) >= 11 is 0. The largest absolute Gasteiger partial charge is 0.388 e. The molecule has 0 bridgehead atoms. The SMILES string of the molecule is CNc1cc(CC(C)CC(C)C)ccc1C. The molecule has 0 aliphatic carbocycles. The average Bonchev–Trinajstić information content (AvgIpc) is 2.19. The van der Waals surface area contributed by atoms with Crippen molar-refractivity contribution in [2.45, 2.75) is 40.5 Å². The third-order valence-corrected chi connectivity index (χ3v) is 3.03. The number of benzene rings is 1. The highest BCUT2D eigenvalue weighted by Crippen LogP contribution is 2.21. The van der Waals surface area contributed by atoms with Crippen LogP contribution in [0.15, 0.2) is 18.2 Å². The second kappa shape index (κ2) is 5.93. The second-order valence-corrected chi connectivity index (χ2v) is 5.34. The molecular formula is C15H25N. The molecular weight excluding hydrogens is 194 g/mol. The summed E-state index contributed by atoms with van der Waals surface area (Å²) in [4.78, 5) is 0. The Morgan fingerprint density at radius 2 is 1.88 bits per heavy atom. The normalized spacial score (nSPS) is 12.9. The van der Waals surface area contributed by atoms with Gasteiger partial charge in [0.25, 0.3) is 0 Å². The van der Waals surface area contributed by atoms with Gasteiger partial charge in [-0.2, -0.15) is 0 Å². The Hall–Kier alpha value is -0.980. The van der Waals surface area contributed by atoms with Gasteiger partial charge in [0.15, 0.2) is 0 Å². The van der Waals surface area contributed by atoms with Gasteiger partial charge in [0.1, 0.15) is 0 Å². The van der Waals surface area contributed by atoms with Gasteiger partial charge in [-0.15, -0.1) is 0 Å². The van der Waals surface area contributed by atoms with Crippen LogP contribution in [-0.2, 0) is 6.42 Å². The minimum absolute atomic E-state index is 0.771. The highest BCUT2D eigenvalue weighted by atomic mass is 14.8. The van der Waals surface area contributed by atoms with Crippen molar-refractivity contribution in [2.24, 2.45) is 11.8 Å². The van der Waals surface area contributed by atoms with Crippen LogP contribution in [0.5, 0.6) is 0 Å². The Labute approximate surface area is 100 Å². The predicted octanol–water partition coefficient (Wildman–Crippen LogP) is 4.26. The second-order valence-electron chi connectivity index (χ2n) is 5.34. The van der Waals surface area contributed by atoms with Gasteiger partial charge < -0.3 is 5.32 Å². The smallest absolute Gasteiger partial charge is 0.0370 e. The molecule has 1 unspecified atom stereocenters. The standard InChI is InChI=1S/C15H25N/c1-11(2)8-12(3)9-14-7-6-13(4)15(10-14)16-5/h6-7,10-12,16H,8-9H2,1-5H3. The minimum atomic E-state index is 0.771. The molecule has 1 nitrogen and oxygen atoms in total. The lowest BCUT2D eigenvalue weighted by Crippen LogP contribution is -2.04. The number of nitrogens with one attached hydrogen (secondary N) is 1. The highest BCUT2D eigenvalue weighted by molar-refractivity contribution is 5.52. The maximum absolute atomic E-state index is 3.25. The molecule has 1 atom stereocenters. The maximum atomic E-state index is 3.25. The van der Waals surface area contributed by atoms with E-state index in [1.54, 1.807) is 0 Å². The number of rotatable bonds is 5. The van der Waals surface area contributed by atoms with E-state index in [4.69, 9.17) is 0 Å². The summed E-state index contributed by atoms with van der Waals surface area (Å²) in [6.07, 6.45) is 2.50. The molecule has 0 saturated heterocycles. The number of hydrogen-bond donors (Lipinski definition) is 1. The number of hydrogen-bond acceptors (Lipinski definition) is 1. The third-order valence-electron chi connectivity index (χ3n) is 3.03. The molecule has 0 aliphatic heterocycles. The van der Waals surface area contributed by atoms with Gasteiger partial charge in [0.2, 0.25) is 0 Å². The van der Waals surface area contributed by atoms with Crippen LogP contribution in [0, 0.1) is 18.8 Å². The van der Waals surface area contributed by atoms with E-state index in [0.29, 0.717) is 0 Å². The topological polar surface area (TPSA) is 12.0 Å². The van der Waals surface area contributed by atoms with Crippen molar-refractivity contribution in [3.8, 4) is 0 Å². The molecule has 0 radical (unpaired) electrons. The van der Waals surface area contributed by atoms with Gasteiger partial charge in [-0.3, -0.25) is 0 Å². The van der Waals surface area contributed by atoms with Gasteiger partial charge in [0, 0.05) is 12.7 Å². The predicted molar refractivity (Wildman–Crippen MR) is 73.0 cm³/mol. The van der Waals surface area contributed by atoms with Crippen molar-refractivity contribution in [1.29, 1.82) is 0 Å². The third kappa shape index (κ3) is 3.88. The Morgan fingerprint density at radius 1 is 1.19 bits per heavy atom. The fraction of sp³-hybridized carbons (Fsp3) is 0.600. The zero-order valence-corrected chi connectivity index (χ0v) is 11.3. The molecule has 1 aromatic rings. The Kier molecular flexibility index (Phi) is 4.85. The summed E-state index contributed by atoms with van der Waals surface area (Å²) in [7, 11) is 1.99. The van der Waals surface area contributed by atoms with E-state index < -0.39 is 0 Å². The summed E-state index contributed by atoms with van der Waals surface area (Å²) in [6.45, 7) is 9.08. The van der Waals surface area contributed by atoms with Crippen LogP contribution in [0.4, 0.5) is 5.69 Å². The van der Waals surface area contributed by atoms with E-state index >= 15 is 0 Å². The minimum Gasteiger partial charge on any atom is -0.388 e. The first kappa shape index (κ1) is 13.1. The fourth-order valence-electron chi connectivity index (χ4n) is 2.36. The first-order chi connectivity index (χ1) is 7.52. The van der Waals surface area contributed by atoms with E-state index in [9.17, 15) is 0 Å². The van der Waals surface area contributed by atoms with Crippen molar-refractivity contribution in [1.82, 2.24) is 0 Å². The van der Waals surface area contributed by atoms with Crippen molar-refractivity contribution in [2.75, 3.05) is 12.4 Å². The lowest BCUT2D eigenvalue weighted by molar-refractivity contribution is 0.437. The molecule has 0 aliphatic rings. The van der Waals surface area contributed by atoms with E-state index in [1.807, 2.05) is 7.05 Å². The summed E-state index contributed by atoms with van der Waals surface area (Å²) in [5.41, 5.74) is 4.03. The molecule has 0 saturated carbocycles. The van der Waals surface area contributed by atoms with Crippen molar-refractivity contribution < 1.29 is 0 Å². The molecule has 0 fully saturated rings. The van der Waals surface area contributed by atoms with Gasteiger partial charge in [0.05, 0.1) is 0 Å². The van der Waals surface area contributed by atoms with Crippen LogP contribution in [-0.4, -0.2) is 7.05 Å². The summed E-state index contributed by atoms with van der Waals surface area (Å²) in [5, 5.41) is 3.25. The van der Waals surface area contributed by atoms with Crippen molar-refractivity contribution in [3.05, 3.63) is 29.3 Å². The lowest BCUT2D eigenvalue weighted by Gasteiger charge is -2.15. The van der Waals surface area contributed by atoms with Gasteiger partial charge in [-0.05, 0) is 48.8 Å². The van der Waals surface area contributed by atoms with Crippen LogP contribution in [0.3, 0.4) is 0 Å². The van der Waals surface area contributed by atoms with E-state index in [1.165, 1.54) is 29.7 Å². The van der Waals surface area contributed by atoms with Gasteiger partial charge in [-0.1, -0.05) is 32.9 Å². The van der Waals surface area contributed by atoms with E-state index in [0.717, 1.165) is 11.8 Å².